The van der Waals surface area contributed by atoms with E-state index in [0.29, 0.717) is 5.69 Å². The second kappa shape index (κ2) is 3.64. The van der Waals surface area contributed by atoms with Crippen molar-refractivity contribution >= 4 is 11.6 Å². The number of aryl methyl sites for hydroxylation is 1. The predicted molar refractivity (Wildman–Crippen MR) is 42.4 cm³/mol. The summed E-state index contributed by atoms with van der Waals surface area (Å²) >= 11 is 5.44. The fourth-order valence-electron chi connectivity index (χ4n) is 0.819. The molecule has 60 valence electrons. The third-order valence-corrected chi connectivity index (χ3v) is 1.67. The topological polar surface area (TPSA) is 46.0 Å². The molecule has 1 aromatic heterocycles. The third kappa shape index (κ3) is 1.88. The van der Waals surface area contributed by atoms with Crippen molar-refractivity contribution in [3.05, 3.63) is 23.8 Å². The molecule has 1 N–H and O–H groups in total. The zero-order chi connectivity index (χ0) is 8.27. The standard InChI is InChI=1S/C7H9ClN2O/c1-5-7(6(11)4-8)10-3-2-9-5/h2-3,6,11H,4H2,1H3/t6-/m1/s1. The van der Waals surface area contributed by atoms with E-state index in [4.69, 9.17) is 11.6 Å². The minimum Gasteiger partial charge on any atom is -0.385 e. The molecular formula is C7H9ClN2O. The van der Waals surface area contributed by atoms with Crippen LogP contribution in [-0.2, 0) is 0 Å². The summed E-state index contributed by atoms with van der Waals surface area (Å²) in [7, 11) is 0. The fourth-order valence-corrected chi connectivity index (χ4v) is 0.965. The summed E-state index contributed by atoms with van der Waals surface area (Å²) < 4.78 is 0. The molecule has 0 spiro atoms. The van der Waals surface area contributed by atoms with E-state index < -0.39 is 6.10 Å². The van der Waals surface area contributed by atoms with Crippen LogP contribution in [0.4, 0.5) is 0 Å². The number of hydrogen-bond donors (Lipinski definition) is 1. The molecule has 1 heterocycles. The largest absolute Gasteiger partial charge is 0.385 e. The van der Waals surface area contributed by atoms with Gasteiger partial charge in [0.05, 0.1) is 17.3 Å². The van der Waals surface area contributed by atoms with Gasteiger partial charge in [0, 0.05) is 12.4 Å². The van der Waals surface area contributed by atoms with E-state index in [1.54, 1.807) is 13.1 Å². The molecule has 1 atom stereocenters. The SMILES string of the molecule is Cc1nccnc1[C@H](O)CCl. The van der Waals surface area contributed by atoms with Gasteiger partial charge >= 0.3 is 0 Å². The Labute approximate surface area is 70.1 Å². The highest BCUT2D eigenvalue weighted by molar-refractivity contribution is 6.18. The quantitative estimate of drug-likeness (QED) is 0.679. The molecule has 0 fully saturated rings. The van der Waals surface area contributed by atoms with E-state index in [0.717, 1.165) is 5.69 Å². The molecule has 0 aliphatic carbocycles. The van der Waals surface area contributed by atoms with Gasteiger partial charge in [-0.2, -0.15) is 0 Å². The van der Waals surface area contributed by atoms with Gasteiger partial charge in [0.1, 0.15) is 6.10 Å². The van der Waals surface area contributed by atoms with E-state index in [-0.39, 0.29) is 5.88 Å². The average molecular weight is 173 g/mol. The van der Waals surface area contributed by atoms with Crippen molar-refractivity contribution in [3.63, 3.8) is 0 Å². The fraction of sp³-hybridized carbons (Fsp3) is 0.429. The first kappa shape index (κ1) is 8.43. The molecule has 0 radical (unpaired) electrons. The van der Waals surface area contributed by atoms with Crippen LogP contribution in [0.15, 0.2) is 12.4 Å². The Morgan fingerprint density at radius 2 is 2.18 bits per heavy atom. The summed E-state index contributed by atoms with van der Waals surface area (Å²) in [6, 6.07) is 0. The molecule has 0 amide bonds. The number of alkyl halides is 1. The number of nitrogens with zero attached hydrogens (tertiary/aromatic N) is 2. The lowest BCUT2D eigenvalue weighted by atomic mass is 10.2. The number of aliphatic hydroxyl groups is 1. The molecule has 0 aromatic carbocycles. The summed E-state index contributed by atoms with van der Waals surface area (Å²) in [4.78, 5) is 7.92. The van der Waals surface area contributed by atoms with Crippen LogP contribution in [0.2, 0.25) is 0 Å². The summed E-state index contributed by atoms with van der Waals surface area (Å²) in [6.45, 7) is 1.79. The number of aromatic nitrogens is 2. The van der Waals surface area contributed by atoms with Crippen LogP contribution in [0, 0.1) is 6.92 Å². The summed E-state index contributed by atoms with van der Waals surface area (Å²) in [6.07, 6.45) is 2.42. The van der Waals surface area contributed by atoms with Crippen molar-refractivity contribution in [3.8, 4) is 0 Å². The van der Waals surface area contributed by atoms with Gasteiger partial charge in [-0.1, -0.05) is 0 Å². The summed E-state index contributed by atoms with van der Waals surface area (Å²) in [5.74, 6) is 0.152. The number of halogens is 1. The first-order chi connectivity index (χ1) is 5.25. The lowest BCUT2D eigenvalue weighted by Gasteiger charge is -2.06. The highest BCUT2D eigenvalue weighted by Crippen LogP contribution is 2.12. The molecule has 1 rings (SSSR count). The Bertz CT molecular complexity index is 242. The van der Waals surface area contributed by atoms with Crippen molar-refractivity contribution in [1.29, 1.82) is 0 Å². The van der Waals surface area contributed by atoms with Crippen LogP contribution in [0.25, 0.3) is 0 Å². The molecule has 0 saturated heterocycles. The Kier molecular flexibility index (Phi) is 2.79. The van der Waals surface area contributed by atoms with Crippen molar-refractivity contribution in [1.82, 2.24) is 9.97 Å². The van der Waals surface area contributed by atoms with Gasteiger partial charge in [0.25, 0.3) is 0 Å². The van der Waals surface area contributed by atoms with Gasteiger partial charge in [0.15, 0.2) is 0 Å². The molecule has 3 nitrogen and oxygen atoms in total. The minimum absolute atomic E-state index is 0.152. The van der Waals surface area contributed by atoms with Crippen molar-refractivity contribution < 1.29 is 5.11 Å². The van der Waals surface area contributed by atoms with Gasteiger partial charge in [-0.3, -0.25) is 9.97 Å². The predicted octanol–water partition coefficient (Wildman–Crippen LogP) is 1.06. The molecule has 0 unspecified atom stereocenters. The van der Waals surface area contributed by atoms with Crippen LogP contribution in [0.3, 0.4) is 0 Å². The maximum absolute atomic E-state index is 9.28. The van der Waals surface area contributed by atoms with Crippen LogP contribution in [-0.4, -0.2) is 21.0 Å². The molecule has 1 aromatic rings. The monoisotopic (exact) mass is 172 g/mol. The Hall–Kier alpha value is -0.670. The Morgan fingerprint density at radius 3 is 2.73 bits per heavy atom. The zero-order valence-electron chi connectivity index (χ0n) is 6.16. The summed E-state index contributed by atoms with van der Waals surface area (Å²) in [5.41, 5.74) is 1.28. The van der Waals surface area contributed by atoms with Gasteiger partial charge in [0.2, 0.25) is 0 Å². The van der Waals surface area contributed by atoms with Gasteiger partial charge in [-0.05, 0) is 6.92 Å². The maximum Gasteiger partial charge on any atom is 0.111 e. The van der Waals surface area contributed by atoms with Crippen molar-refractivity contribution in [2.24, 2.45) is 0 Å². The molecule has 0 aliphatic rings. The maximum atomic E-state index is 9.28. The average Bonchev–Trinajstić information content (AvgIpc) is 2.04. The van der Waals surface area contributed by atoms with Crippen molar-refractivity contribution in [2.75, 3.05) is 5.88 Å². The number of aliphatic hydroxyl groups excluding tert-OH is 1. The van der Waals surface area contributed by atoms with Gasteiger partial charge in [-0.25, -0.2) is 0 Å². The Morgan fingerprint density at radius 1 is 1.55 bits per heavy atom. The number of rotatable bonds is 2. The molecule has 11 heavy (non-hydrogen) atoms. The molecule has 4 heteroatoms. The zero-order valence-corrected chi connectivity index (χ0v) is 6.91. The van der Waals surface area contributed by atoms with Crippen LogP contribution in [0.5, 0.6) is 0 Å². The minimum atomic E-state index is -0.703. The Balaban J connectivity index is 2.93. The third-order valence-electron chi connectivity index (χ3n) is 1.38. The van der Waals surface area contributed by atoms with E-state index >= 15 is 0 Å². The molecule has 0 aliphatic heterocycles. The second-order valence-corrected chi connectivity index (χ2v) is 2.51. The lowest BCUT2D eigenvalue weighted by molar-refractivity contribution is 0.196. The number of hydrogen-bond acceptors (Lipinski definition) is 3. The van der Waals surface area contributed by atoms with E-state index in [1.807, 2.05) is 0 Å². The first-order valence-electron chi connectivity index (χ1n) is 3.27. The van der Waals surface area contributed by atoms with Crippen molar-refractivity contribution in [2.45, 2.75) is 13.0 Å². The highest BCUT2D eigenvalue weighted by Gasteiger charge is 2.09. The van der Waals surface area contributed by atoms with Gasteiger partial charge < -0.3 is 5.11 Å². The van der Waals surface area contributed by atoms with Crippen LogP contribution >= 0.6 is 11.6 Å². The van der Waals surface area contributed by atoms with E-state index in [9.17, 15) is 5.11 Å². The van der Waals surface area contributed by atoms with Crippen LogP contribution < -0.4 is 0 Å². The lowest BCUT2D eigenvalue weighted by Crippen LogP contribution is -2.05. The smallest absolute Gasteiger partial charge is 0.111 e. The highest BCUT2D eigenvalue weighted by atomic mass is 35.5. The van der Waals surface area contributed by atoms with Crippen LogP contribution in [0.1, 0.15) is 17.5 Å². The van der Waals surface area contributed by atoms with E-state index in [2.05, 4.69) is 9.97 Å². The second-order valence-electron chi connectivity index (χ2n) is 2.20. The van der Waals surface area contributed by atoms with Gasteiger partial charge in [-0.15, -0.1) is 11.6 Å². The molecule has 0 saturated carbocycles. The first-order valence-corrected chi connectivity index (χ1v) is 3.80. The molecule has 0 bridgehead atoms. The van der Waals surface area contributed by atoms with E-state index in [1.165, 1.54) is 6.20 Å². The summed E-state index contributed by atoms with van der Waals surface area (Å²) in [5, 5.41) is 9.28. The molecular weight excluding hydrogens is 164 g/mol. The normalized spacial score (nSPS) is 13.0.